The van der Waals surface area contributed by atoms with E-state index in [-0.39, 0.29) is 0 Å². The molecule has 1 aliphatic rings. The van der Waals surface area contributed by atoms with Gasteiger partial charge in [0.1, 0.15) is 0 Å². The van der Waals surface area contributed by atoms with Gasteiger partial charge < -0.3 is 4.89 Å². The summed E-state index contributed by atoms with van der Waals surface area (Å²) in [6.07, 6.45) is 5.66. The van der Waals surface area contributed by atoms with Gasteiger partial charge in [-0.15, -0.1) is 0 Å². The summed E-state index contributed by atoms with van der Waals surface area (Å²) in [4.78, 5) is 10.2. The van der Waals surface area contributed by atoms with E-state index in [2.05, 4.69) is 19.1 Å². The zero-order valence-electron chi connectivity index (χ0n) is 10.6. The van der Waals surface area contributed by atoms with Gasteiger partial charge in [-0.1, -0.05) is 19.1 Å². The lowest BCUT2D eigenvalue weighted by molar-refractivity contribution is -0.464. The van der Waals surface area contributed by atoms with E-state index in [4.69, 9.17) is 14.8 Å². The lowest BCUT2D eigenvalue weighted by Crippen LogP contribution is -2.09. The zero-order chi connectivity index (χ0) is 12.1. The molecular weight excluding hydrogens is 216 g/mol. The number of hydrogen-bond acceptors (Lipinski definition) is 3. The molecule has 0 radical (unpaired) electrons. The van der Waals surface area contributed by atoms with Crippen molar-refractivity contribution >= 4 is 0 Å². The average Bonchev–Trinajstić information content (AvgIpc) is 2.39. The average molecular weight is 236 g/mol. The maximum absolute atomic E-state index is 5.34. The van der Waals surface area contributed by atoms with Gasteiger partial charge in [0.2, 0.25) is 0 Å². The van der Waals surface area contributed by atoms with Gasteiger partial charge in [0.05, 0.1) is 6.61 Å². The number of aryl methyl sites for hydroxylation is 2. The van der Waals surface area contributed by atoms with Crippen LogP contribution in [0, 0.1) is 0 Å². The summed E-state index contributed by atoms with van der Waals surface area (Å²) in [5, 5.41) is 4.78. The van der Waals surface area contributed by atoms with E-state index in [9.17, 15) is 0 Å². The van der Waals surface area contributed by atoms with Crippen LogP contribution in [0.4, 0.5) is 0 Å². The van der Waals surface area contributed by atoms with E-state index >= 15 is 0 Å². The van der Waals surface area contributed by atoms with Crippen LogP contribution in [0.15, 0.2) is 12.1 Å². The standard InChI is InChI=1S/C14H20O3/c1-3-11-9-10-12-7-5-6-8-13(12)14(11)16-17-15-4-2/h9-10H,3-8H2,1-2H3. The van der Waals surface area contributed by atoms with E-state index < -0.39 is 0 Å². The summed E-state index contributed by atoms with van der Waals surface area (Å²) in [7, 11) is 0. The largest absolute Gasteiger partial charge is 0.308 e. The second-order valence-corrected chi connectivity index (χ2v) is 4.31. The van der Waals surface area contributed by atoms with Crippen LogP contribution in [0.25, 0.3) is 0 Å². The molecule has 0 fully saturated rings. The topological polar surface area (TPSA) is 27.7 Å². The Morgan fingerprint density at radius 1 is 1.12 bits per heavy atom. The molecule has 2 rings (SSSR count). The molecule has 1 aromatic rings. The molecule has 0 aromatic heterocycles. The molecular formula is C14H20O3. The molecule has 1 aromatic carbocycles. The van der Waals surface area contributed by atoms with Crippen molar-refractivity contribution in [2.75, 3.05) is 6.61 Å². The van der Waals surface area contributed by atoms with Gasteiger partial charge in [-0.3, -0.25) is 0 Å². The molecule has 3 nitrogen and oxygen atoms in total. The molecule has 0 aliphatic heterocycles. The fourth-order valence-electron chi connectivity index (χ4n) is 2.33. The summed E-state index contributed by atoms with van der Waals surface area (Å²) in [6.45, 7) is 4.47. The van der Waals surface area contributed by atoms with Crippen LogP contribution in [0.3, 0.4) is 0 Å². The Morgan fingerprint density at radius 3 is 2.71 bits per heavy atom. The summed E-state index contributed by atoms with van der Waals surface area (Å²) in [5.41, 5.74) is 3.88. The van der Waals surface area contributed by atoms with Crippen molar-refractivity contribution in [1.82, 2.24) is 0 Å². The second-order valence-electron chi connectivity index (χ2n) is 4.31. The van der Waals surface area contributed by atoms with Crippen molar-refractivity contribution in [3.05, 3.63) is 28.8 Å². The number of benzene rings is 1. The van der Waals surface area contributed by atoms with Crippen molar-refractivity contribution in [2.24, 2.45) is 0 Å². The SMILES string of the molecule is CCOOOc1c(CC)ccc2c1CCCC2. The molecule has 94 valence electrons. The summed E-state index contributed by atoms with van der Waals surface area (Å²) < 4.78 is 0. The van der Waals surface area contributed by atoms with E-state index in [1.165, 1.54) is 29.5 Å². The molecule has 0 amide bonds. The predicted molar refractivity (Wildman–Crippen MR) is 65.8 cm³/mol. The first-order valence-corrected chi connectivity index (χ1v) is 6.46. The monoisotopic (exact) mass is 236 g/mol. The van der Waals surface area contributed by atoms with Crippen molar-refractivity contribution in [2.45, 2.75) is 46.0 Å². The van der Waals surface area contributed by atoms with Gasteiger partial charge in [0.25, 0.3) is 0 Å². The molecule has 3 heteroatoms. The first kappa shape index (κ1) is 12.4. The molecule has 0 heterocycles. The lowest BCUT2D eigenvalue weighted by atomic mass is 9.89. The zero-order valence-corrected chi connectivity index (χ0v) is 10.6. The number of fused-ring (bicyclic) bond motifs is 1. The molecule has 1 aliphatic carbocycles. The summed E-state index contributed by atoms with van der Waals surface area (Å²) in [5.74, 6) is 0.873. The molecule has 0 saturated heterocycles. The molecule has 0 spiro atoms. The first-order valence-electron chi connectivity index (χ1n) is 6.46. The predicted octanol–water partition coefficient (Wildman–Crippen LogP) is 3.39. The van der Waals surface area contributed by atoms with E-state index in [0.717, 1.165) is 25.0 Å². The highest BCUT2D eigenvalue weighted by Gasteiger charge is 2.18. The Kier molecular flexibility index (Phi) is 4.40. The van der Waals surface area contributed by atoms with Crippen LogP contribution in [-0.4, -0.2) is 6.61 Å². The van der Waals surface area contributed by atoms with Crippen molar-refractivity contribution in [3.8, 4) is 5.75 Å². The third-order valence-corrected chi connectivity index (χ3v) is 3.23. The van der Waals surface area contributed by atoms with Crippen LogP contribution >= 0.6 is 0 Å². The van der Waals surface area contributed by atoms with Gasteiger partial charge >= 0.3 is 0 Å². The molecule has 0 saturated carbocycles. The van der Waals surface area contributed by atoms with Gasteiger partial charge in [-0.2, -0.15) is 4.89 Å². The van der Waals surface area contributed by atoms with Crippen LogP contribution in [0.5, 0.6) is 5.75 Å². The minimum atomic E-state index is 0.483. The summed E-state index contributed by atoms with van der Waals surface area (Å²) in [6, 6.07) is 4.36. The Hall–Kier alpha value is -1.06. The van der Waals surface area contributed by atoms with Crippen LogP contribution in [-0.2, 0) is 29.2 Å². The molecule has 0 N–H and O–H groups in total. The van der Waals surface area contributed by atoms with E-state index in [1.54, 1.807) is 0 Å². The third kappa shape index (κ3) is 2.79. The minimum absolute atomic E-state index is 0.483. The van der Waals surface area contributed by atoms with Gasteiger partial charge in [-0.25, -0.2) is 0 Å². The smallest absolute Gasteiger partial charge is 0.175 e. The van der Waals surface area contributed by atoms with Crippen LogP contribution in [0.1, 0.15) is 43.4 Å². The second kappa shape index (κ2) is 6.03. The maximum Gasteiger partial charge on any atom is 0.175 e. The normalized spacial score (nSPS) is 14.5. The fraction of sp³-hybridized carbons (Fsp3) is 0.571. The van der Waals surface area contributed by atoms with Crippen LogP contribution < -0.4 is 4.89 Å². The van der Waals surface area contributed by atoms with Crippen molar-refractivity contribution < 1.29 is 14.8 Å². The fourth-order valence-corrected chi connectivity index (χ4v) is 2.33. The Labute approximate surface area is 103 Å². The quantitative estimate of drug-likeness (QED) is 0.445. The Bertz CT molecular complexity index is 374. The van der Waals surface area contributed by atoms with Gasteiger partial charge in [0, 0.05) is 5.56 Å². The number of hydrogen-bond donors (Lipinski definition) is 0. The van der Waals surface area contributed by atoms with E-state index in [0.29, 0.717) is 6.61 Å². The highest BCUT2D eigenvalue weighted by atomic mass is 17.5. The molecule has 0 unspecified atom stereocenters. The maximum atomic E-state index is 5.34. The lowest BCUT2D eigenvalue weighted by Gasteiger charge is -2.20. The van der Waals surface area contributed by atoms with Crippen molar-refractivity contribution in [1.29, 1.82) is 0 Å². The third-order valence-electron chi connectivity index (χ3n) is 3.23. The molecule has 17 heavy (non-hydrogen) atoms. The van der Waals surface area contributed by atoms with Crippen LogP contribution in [0.2, 0.25) is 0 Å². The first-order chi connectivity index (χ1) is 8.36. The van der Waals surface area contributed by atoms with E-state index in [1.807, 2.05) is 6.92 Å². The Balaban J connectivity index is 2.24. The Morgan fingerprint density at radius 2 is 1.94 bits per heavy atom. The highest BCUT2D eigenvalue weighted by molar-refractivity contribution is 5.47. The van der Waals surface area contributed by atoms with Crippen molar-refractivity contribution in [3.63, 3.8) is 0 Å². The highest BCUT2D eigenvalue weighted by Crippen LogP contribution is 2.33. The molecule has 0 bridgehead atoms. The number of rotatable bonds is 5. The molecule has 0 atom stereocenters. The van der Waals surface area contributed by atoms with Gasteiger partial charge in [-0.05, 0) is 55.2 Å². The minimum Gasteiger partial charge on any atom is -0.308 e. The van der Waals surface area contributed by atoms with Gasteiger partial charge in [0.15, 0.2) is 5.75 Å². The summed E-state index contributed by atoms with van der Waals surface area (Å²) >= 11 is 0.